The lowest BCUT2D eigenvalue weighted by Gasteiger charge is -2.25. The van der Waals surface area contributed by atoms with Crippen LogP contribution in [0, 0.1) is 0 Å². The highest BCUT2D eigenvalue weighted by atomic mass is 16.5. The van der Waals surface area contributed by atoms with Gasteiger partial charge in [-0.25, -0.2) is 4.98 Å². The number of carbonyl (C=O) groups excluding carboxylic acids is 1. The third-order valence-corrected chi connectivity index (χ3v) is 4.89. The number of aryl methyl sites for hydroxylation is 1. The third-order valence-electron chi connectivity index (χ3n) is 4.89. The number of hydrogen-bond donors (Lipinski definition) is 0. The number of hydrogen-bond acceptors (Lipinski definition) is 4. The highest BCUT2D eigenvalue weighted by molar-refractivity contribution is 5.76. The molecule has 140 valence electrons. The van der Waals surface area contributed by atoms with Crippen molar-refractivity contribution in [2.75, 3.05) is 13.2 Å². The first-order chi connectivity index (χ1) is 13.3. The van der Waals surface area contributed by atoms with Crippen LogP contribution < -0.4 is 0 Å². The van der Waals surface area contributed by atoms with Crippen molar-refractivity contribution in [2.24, 2.45) is 0 Å². The fourth-order valence-electron chi connectivity index (χ4n) is 3.48. The molecule has 1 aliphatic heterocycles. The highest BCUT2D eigenvalue weighted by Crippen LogP contribution is 2.16. The molecule has 1 atom stereocenters. The van der Waals surface area contributed by atoms with E-state index >= 15 is 0 Å². The highest BCUT2D eigenvalue weighted by Gasteiger charge is 2.23. The predicted molar refractivity (Wildman–Crippen MR) is 102 cm³/mol. The quantitative estimate of drug-likeness (QED) is 0.647. The van der Waals surface area contributed by atoms with Crippen molar-refractivity contribution in [3.8, 4) is 0 Å². The van der Waals surface area contributed by atoms with Crippen LogP contribution in [-0.4, -0.2) is 44.4 Å². The monoisotopic (exact) mass is 364 g/mol. The largest absolute Gasteiger partial charge is 0.376 e. The molecule has 0 saturated carbocycles. The first kappa shape index (κ1) is 17.7. The molecule has 1 aliphatic rings. The van der Waals surface area contributed by atoms with Crippen molar-refractivity contribution in [2.45, 2.75) is 38.3 Å². The topological polar surface area (TPSA) is 59.7 Å². The van der Waals surface area contributed by atoms with Crippen LogP contribution in [0.4, 0.5) is 0 Å². The number of ether oxygens (including phenoxy) is 1. The Morgan fingerprint density at radius 1 is 1.22 bits per heavy atom. The number of fused-ring (bicyclic) bond motifs is 1. The summed E-state index contributed by atoms with van der Waals surface area (Å²) in [6, 6.07) is 11.7. The van der Waals surface area contributed by atoms with Crippen LogP contribution in [0.1, 0.15) is 30.7 Å². The number of rotatable bonds is 7. The average molecular weight is 364 g/mol. The van der Waals surface area contributed by atoms with Crippen LogP contribution in [0.25, 0.3) is 5.65 Å². The Kier molecular flexibility index (Phi) is 5.44. The molecule has 0 aromatic carbocycles. The minimum atomic E-state index is 0.119. The van der Waals surface area contributed by atoms with Gasteiger partial charge in [0.15, 0.2) is 0 Å². The second kappa shape index (κ2) is 8.31. The lowest BCUT2D eigenvalue weighted by molar-refractivity contribution is -0.133. The van der Waals surface area contributed by atoms with Gasteiger partial charge in [-0.2, -0.15) is 0 Å². The molecule has 3 aromatic rings. The molecule has 1 unspecified atom stereocenters. The summed E-state index contributed by atoms with van der Waals surface area (Å²) in [7, 11) is 0. The Bertz CT molecular complexity index is 854. The van der Waals surface area contributed by atoms with E-state index in [0.29, 0.717) is 25.9 Å². The molecule has 4 heterocycles. The average Bonchev–Trinajstić information content (AvgIpc) is 3.35. The van der Waals surface area contributed by atoms with Crippen LogP contribution in [0.5, 0.6) is 0 Å². The maximum absolute atomic E-state index is 12.9. The maximum Gasteiger partial charge on any atom is 0.223 e. The Labute approximate surface area is 158 Å². The Hall–Kier alpha value is -2.73. The van der Waals surface area contributed by atoms with Crippen LogP contribution in [0.3, 0.4) is 0 Å². The van der Waals surface area contributed by atoms with Gasteiger partial charge in [0, 0.05) is 38.2 Å². The van der Waals surface area contributed by atoms with E-state index in [9.17, 15) is 4.79 Å². The summed E-state index contributed by atoms with van der Waals surface area (Å²) in [5.74, 6) is 0.119. The number of amides is 1. The molecule has 0 spiro atoms. The Morgan fingerprint density at radius 2 is 2.15 bits per heavy atom. The fourth-order valence-corrected chi connectivity index (χ4v) is 3.48. The van der Waals surface area contributed by atoms with Gasteiger partial charge in [0.1, 0.15) is 5.65 Å². The van der Waals surface area contributed by atoms with Gasteiger partial charge >= 0.3 is 0 Å². The van der Waals surface area contributed by atoms with Crippen LogP contribution in [0.15, 0.2) is 55.0 Å². The minimum Gasteiger partial charge on any atom is -0.376 e. The number of pyridine rings is 2. The summed E-state index contributed by atoms with van der Waals surface area (Å²) in [6.45, 7) is 1.93. The normalized spacial score (nSPS) is 16.7. The van der Waals surface area contributed by atoms with E-state index in [1.54, 1.807) is 6.20 Å². The maximum atomic E-state index is 12.9. The summed E-state index contributed by atoms with van der Waals surface area (Å²) in [6.07, 6.45) is 9.00. The molecule has 6 heteroatoms. The summed E-state index contributed by atoms with van der Waals surface area (Å²) < 4.78 is 7.73. The van der Waals surface area contributed by atoms with Crippen molar-refractivity contribution in [1.29, 1.82) is 0 Å². The van der Waals surface area contributed by atoms with Gasteiger partial charge in [-0.05, 0) is 43.5 Å². The molecule has 1 amide bonds. The van der Waals surface area contributed by atoms with Gasteiger partial charge < -0.3 is 14.0 Å². The van der Waals surface area contributed by atoms with Gasteiger partial charge in [0.2, 0.25) is 5.91 Å². The first-order valence-corrected chi connectivity index (χ1v) is 9.50. The lowest BCUT2D eigenvalue weighted by atomic mass is 10.2. The zero-order valence-electron chi connectivity index (χ0n) is 15.3. The molecule has 1 fully saturated rings. The second-order valence-electron chi connectivity index (χ2n) is 6.93. The molecular weight excluding hydrogens is 340 g/mol. The molecular formula is C21H24N4O2. The van der Waals surface area contributed by atoms with E-state index in [1.807, 2.05) is 58.1 Å². The van der Waals surface area contributed by atoms with Gasteiger partial charge in [0.25, 0.3) is 0 Å². The molecule has 0 N–H and O–H groups in total. The zero-order valence-corrected chi connectivity index (χ0v) is 15.3. The summed E-state index contributed by atoms with van der Waals surface area (Å²) >= 11 is 0. The van der Waals surface area contributed by atoms with Crippen molar-refractivity contribution < 1.29 is 9.53 Å². The van der Waals surface area contributed by atoms with Crippen LogP contribution in [0.2, 0.25) is 0 Å². The van der Waals surface area contributed by atoms with E-state index < -0.39 is 0 Å². The van der Waals surface area contributed by atoms with E-state index in [4.69, 9.17) is 4.74 Å². The van der Waals surface area contributed by atoms with Gasteiger partial charge in [-0.3, -0.25) is 9.78 Å². The van der Waals surface area contributed by atoms with Crippen molar-refractivity contribution in [3.05, 3.63) is 66.4 Å². The molecule has 6 nitrogen and oxygen atoms in total. The van der Waals surface area contributed by atoms with Crippen molar-refractivity contribution in [3.63, 3.8) is 0 Å². The van der Waals surface area contributed by atoms with Crippen LogP contribution >= 0.6 is 0 Å². The molecule has 0 radical (unpaired) electrons. The van der Waals surface area contributed by atoms with Crippen molar-refractivity contribution >= 4 is 11.6 Å². The van der Waals surface area contributed by atoms with Gasteiger partial charge in [-0.1, -0.05) is 12.1 Å². The van der Waals surface area contributed by atoms with Crippen molar-refractivity contribution in [1.82, 2.24) is 19.3 Å². The predicted octanol–water partition coefficient (Wildman–Crippen LogP) is 2.87. The molecule has 0 bridgehead atoms. The number of imidazole rings is 1. The number of nitrogens with zero attached hydrogens (tertiary/aromatic N) is 4. The zero-order chi connectivity index (χ0) is 18.5. The fraction of sp³-hybridized carbons (Fsp3) is 0.381. The van der Waals surface area contributed by atoms with Gasteiger partial charge in [0.05, 0.1) is 24.0 Å². The van der Waals surface area contributed by atoms with Gasteiger partial charge in [-0.15, -0.1) is 0 Å². The molecule has 1 saturated heterocycles. The number of aromatic nitrogens is 3. The Morgan fingerprint density at radius 3 is 2.93 bits per heavy atom. The second-order valence-corrected chi connectivity index (χ2v) is 6.93. The van der Waals surface area contributed by atoms with E-state index in [2.05, 4.69) is 9.97 Å². The molecule has 3 aromatic heterocycles. The first-order valence-electron chi connectivity index (χ1n) is 9.50. The molecule has 0 aliphatic carbocycles. The SMILES string of the molecule is O=C(CCc1cn2ccccc2n1)N(Cc1ccccn1)CC1CCCO1. The minimum absolute atomic E-state index is 0.119. The summed E-state index contributed by atoms with van der Waals surface area (Å²) in [5.41, 5.74) is 2.74. The smallest absolute Gasteiger partial charge is 0.223 e. The number of carbonyl (C=O) groups is 1. The summed E-state index contributed by atoms with van der Waals surface area (Å²) in [4.78, 5) is 23.8. The third kappa shape index (κ3) is 4.52. The van der Waals surface area contributed by atoms with E-state index in [1.165, 1.54) is 0 Å². The molecule has 4 rings (SSSR count). The van der Waals surface area contributed by atoms with Crippen LogP contribution in [-0.2, 0) is 22.5 Å². The molecule has 27 heavy (non-hydrogen) atoms. The van der Waals surface area contributed by atoms with E-state index in [0.717, 1.165) is 36.5 Å². The lowest BCUT2D eigenvalue weighted by Crippen LogP contribution is -2.37. The summed E-state index contributed by atoms with van der Waals surface area (Å²) in [5, 5.41) is 0. The standard InChI is InChI=1S/C21H24N4O2/c26-21(10-9-18-15-24-12-4-2-8-20(24)23-18)25(16-19-7-5-13-27-19)14-17-6-1-3-11-22-17/h1-4,6,8,11-12,15,19H,5,7,9-10,13-14,16H2. The Balaban J connectivity index is 1.42. The van der Waals surface area contributed by atoms with E-state index in [-0.39, 0.29) is 12.0 Å².